The van der Waals surface area contributed by atoms with E-state index in [1.165, 1.54) is 13.8 Å². The molecule has 0 aromatic rings. The Morgan fingerprint density at radius 1 is 1.29 bits per heavy atom. The van der Waals surface area contributed by atoms with Crippen LogP contribution in [0.2, 0.25) is 0 Å². The lowest BCUT2D eigenvalue weighted by atomic mass is 9.75. The fourth-order valence-corrected chi connectivity index (χ4v) is 2.01. The number of amides is 1. The van der Waals surface area contributed by atoms with Gasteiger partial charge in [0.25, 0.3) is 6.43 Å². The minimum Gasteiger partial charge on any atom is -0.353 e. The highest BCUT2D eigenvalue weighted by Crippen LogP contribution is 2.35. The molecular weight excluding hydrogens is 224 g/mol. The van der Waals surface area contributed by atoms with Crippen molar-refractivity contribution in [2.45, 2.75) is 65.8 Å². The lowest BCUT2D eigenvalue weighted by molar-refractivity contribution is -0.138. The molecule has 0 saturated heterocycles. The van der Waals surface area contributed by atoms with Crippen molar-refractivity contribution >= 4 is 5.91 Å². The second-order valence-electron chi connectivity index (χ2n) is 6.43. The second-order valence-corrected chi connectivity index (χ2v) is 6.43. The molecule has 1 saturated carbocycles. The van der Waals surface area contributed by atoms with Crippen molar-refractivity contribution in [2.24, 2.45) is 10.8 Å². The highest BCUT2D eigenvalue weighted by molar-refractivity contribution is 5.82. The van der Waals surface area contributed by atoms with Crippen LogP contribution in [0.15, 0.2) is 0 Å². The SMILES string of the molecule is CC1(C)CCC(NC(=O)C(C)(C)C(F)F)CC1. The van der Waals surface area contributed by atoms with Gasteiger partial charge in [-0.25, -0.2) is 8.78 Å². The summed E-state index contributed by atoms with van der Waals surface area (Å²) >= 11 is 0. The van der Waals surface area contributed by atoms with Crippen molar-refractivity contribution in [3.05, 3.63) is 0 Å². The van der Waals surface area contributed by atoms with Crippen LogP contribution in [-0.4, -0.2) is 18.4 Å². The van der Waals surface area contributed by atoms with Gasteiger partial charge >= 0.3 is 0 Å². The summed E-state index contributed by atoms with van der Waals surface area (Å²) in [7, 11) is 0. The predicted molar refractivity (Wildman–Crippen MR) is 64.0 cm³/mol. The van der Waals surface area contributed by atoms with Crippen LogP contribution in [0, 0.1) is 10.8 Å². The summed E-state index contributed by atoms with van der Waals surface area (Å²) < 4.78 is 25.4. The summed E-state index contributed by atoms with van der Waals surface area (Å²) in [5, 5.41) is 2.76. The molecular formula is C13H23F2NO. The number of nitrogens with one attached hydrogen (secondary N) is 1. The Kier molecular flexibility index (Phi) is 4.15. The highest BCUT2D eigenvalue weighted by Gasteiger charge is 2.39. The molecule has 4 heteroatoms. The van der Waals surface area contributed by atoms with Gasteiger partial charge in [-0.05, 0) is 44.9 Å². The molecule has 0 unspecified atom stereocenters. The number of rotatable bonds is 3. The van der Waals surface area contributed by atoms with Crippen molar-refractivity contribution in [3.63, 3.8) is 0 Å². The summed E-state index contributed by atoms with van der Waals surface area (Å²) in [6.45, 7) is 6.99. The maximum absolute atomic E-state index is 12.7. The van der Waals surface area contributed by atoms with E-state index >= 15 is 0 Å². The van der Waals surface area contributed by atoms with E-state index < -0.39 is 17.7 Å². The smallest absolute Gasteiger partial charge is 0.252 e. The van der Waals surface area contributed by atoms with Crippen molar-refractivity contribution in [1.29, 1.82) is 0 Å². The number of hydrogen-bond acceptors (Lipinski definition) is 1. The molecule has 0 aliphatic heterocycles. The summed E-state index contributed by atoms with van der Waals surface area (Å²) in [6.07, 6.45) is 1.22. The minimum absolute atomic E-state index is 0.0635. The summed E-state index contributed by atoms with van der Waals surface area (Å²) in [5.74, 6) is -0.530. The van der Waals surface area contributed by atoms with E-state index in [2.05, 4.69) is 19.2 Å². The topological polar surface area (TPSA) is 29.1 Å². The van der Waals surface area contributed by atoms with E-state index in [0.29, 0.717) is 5.41 Å². The third-order valence-corrected chi connectivity index (χ3v) is 3.81. The first-order valence-corrected chi connectivity index (χ1v) is 6.24. The largest absolute Gasteiger partial charge is 0.353 e. The van der Waals surface area contributed by atoms with E-state index in [1.807, 2.05) is 0 Å². The zero-order chi connectivity index (χ0) is 13.3. The van der Waals surface area contributed by atoms with Crippen LogP contribution in [0.5, 0.6) is 0 Å². The number of alkyl halides is 2. The first kappa shape index (κ1) is 14.4. The maximum atomic E-state index is 12.7. The molecule has 1 aliphatic rings. The quantitative estimate of drug-likeness (QED) is 0.814. The average molecular weight is 247 g/mol. The van der Waals surface area contributed by atoms with Gasteiger partial charge in [-0.15, -0.1) is 0 Å². The molecule has 17 heavy (non-hydrogen) atoms. The number of hydrogen-bond donors (Lipinski definition) is 1. The Morgan fingerprint density at radius 2 is 1.76 bits per heavy atom. The van der Waals surface area contributed by atoms with Crippen LogP contribution in [0.25, 0.3) is 0 Å². The van der Waals surface area contributed by atoms with E-state index in [4.69, 9.17) is 0 Å². The maximum Gasteiger partial charge on any atom is 0.252 e. The molecule has 0 radical (unpaired) electrons. The molecule has 100 valence electrons. The molecule has 1 aliphatic carbocycles. The summed E-state index contributed by atoms with van der Waals surface area (Å²) in [4.78, 5) is 11.7. The van der Waals surface area contributed by atoms with Gasteiger partial charge in [-0.3, -0.25) is 4.79 Å². The van der Waals surface area contributed by atoms with Crippen molar-refractivity contribution in [1.82, 2.24) is 5.32 Å². The molecule has 0 bridgehead atoms. The molecule has 0 heterocycles. The third kappa shape index (κ3) is 3.65. The van der Waals surface area contributed by atoms with Crippen molar-refractivity contribution in [3.8, 4) is 0 Å². The van der Waals surface area contributed by atoms with Gasteiger partial charge in [0.1, 0.15) is 5.41 Å². The van der Waals surface area contributed by atoms with Crippen LogP contribution in [0.4, 0.5) is 8.78 Å². The molecule has 0 aromatic heterocycles. The predicted octanol–water partition coefficient (Wildman–Crippen LogP) is 3.36. The zero-order valence-electron chi connectivity index (χ0n) is 11.1. The Morgan fingerprint density at radius 3 is 2.18 bits per heavy atom. The Labute approximate surface area is 102 Å². The average Bonchev–Trinajstić information content (AvgIpc) is 2.20. The fraction of sp³-hybridized carbons (Fsp3) is 0.923. The minimum atomic E-state index is -2.62. The van der Waals surface area contributed by atoms with Crippen LogP contribution in [-0.2, 0) is 4.79 Å². The summed E-state index contributed by atoms with van der Waals surface area (Å²) in [6, 6.07) is 0.0635. The first-order valence-electron chi connectivity index (χ1n) is 6.24. The van der Waals surface area contributed by atoms with Gasteiger partial charge < -0.3 is 5.32 Å². The van der Waals surface area contributed by atoms with E-state index in [1.54, 1.807) is 0 Å². The van der Waals surface area contributed by atoms with Gasteiger partial charge in [0.2, 0.25) is 5.91 Å². The van der Waals surface area contributed by atoms with Crippen LogP contribution < -0.4 is 5.32 Å². The van der Waals surface area contributed by atoms with Gasteiger partial charge in [-0.2, -0.15) is 0 Å². The third-order valence-electron chi connectivity index (χ3n) is 3.81. The lowest BCUT2D eigenvalue weighted by Crippen LogP contribution is -2.47. The van der Waals surface area contributed by atoms with Crippen LogP contribution in [0.1, 0.15) is 53.4 Å². The Bertz CT molecular complexity index is 277. The molecule has 1 N–H and O–H groups in total. The lowest BCUT2D eigenvalue weighted by Gasteiger charge is -2.36. The Hall–Kier alpha value is -0.670. The number of halogens is 2. The molecule has 1 fully saturated rings. The molecule has 0 aromatic carbocycles. The van der Waals surface area contributed by atoms with Crippen molar-refractivity contribution < 1.29 is 13.6 Å². The normalized spacial score (nSPS) is 21.6. The monoisotopic (exact) mass is 247 g/mol. The molecule has 1 rings (SSSR count). The van der Waals surface area contributed by atoms with Crippen LogP contribution in [0.3, 0.4) is 0 Å². The van der Waals surface area contributed by atoms with Crippen molar-refractivity contribution in [2.75, 3.05) is 0 Å². The molecule has 1 amide bonds. The van der Waals surface area contributed by atoms with Gasteiger partial charge in [0.05, 0.1) is 0 Å². The number of carbonyl (C=O) groups is 1. The van der Waals surface area contributed by atoms with E-state index in [0.717, 1.165) is 25.7 Å². The molecule has 0 atom stereocenters. The fourth-order valence-electron chi connectivity index (χ4n) is 2.01. The first-order chi connectivity index (χ1) is 7.65. The van der Waals surface area contributed by atoms with Gasteiger partial charge in [0.15, 0.2) is 0 Å². The Balaban J connectivity index is 2.49. The summed E-state index contributed by atoms with van der Waals surface area (Å²) in [5.41, 5.74) is -1.27. The van der Waals surface area contributed by atoms with Gasteiger partial charge in [0, 0.05) is 6.04 Å². The highest BCUT2D eigenvalue weighted by atomic mass is 19.3. The van der Waals surface area contributed by atoms with Gasteiger partial charge in [-0.1, -0.05) is 13.8 Å². The molecule has 0 spiro atoms. The van der Waals surface area contributed by atoms with Crippen LogP contribution >= 0.6 is 0 Å². The number of carbonyl (C=O) groups excluding carboxylic acids is 1. The standard InChI is InChI=1S/C13H23F2NO/c1-12(2)7-5-9(6-8-12)16-11(17)13(3,4)10(14)15/h9-10H,5-8H2,1-4H3,(H,16,17). The molecule has 2 nitrogen and oxygen atoms in total. The zero-order valence-corrected chi connectivity index (χ0v) is 11.1. The van der Waals surface area contributed by atoms with E-state index in [-0.39, 0.29) is 6.04 Å². The second kappa shape index (κ2) is 4.91. The van der Waals surface area contributed by atoms with E-state index in [9.17, 15) is 13.6 Å².